The molecule has 2 aliphatic heterocycles. The van der Waals surface area contributed by atoms with Gasteiger partial charge in [-0.1, -0.05) is 0 Å². The quantitative estimate of drug-likeness (QED) is 0.716. The number of aliphatic hydroxyl groups excluding tert-OH is 1. The van der Waals surface area contributed by atoms with Crippen LogP contribution >= 0.6 is 0 Å². The third-order valence-electron chi connectivity index (χ3n) is 3.07. The zero-order valence-corrected chi connectivity index (χ0v) is 9.97. The number of morpholine rings is 1. The number of hydrogen-bond donors (Lipinski definition) is 1. The fraction of sp³-hybridized carbons (Fsp3) is 0.909. The number of rotatable bonds is 1. The van der Waals surface area contributed by atoms with Gasteiger partial charge in [0.05, 0.1) is 31.9 Å². The van der Waals surface area contributed by atoms with Crippen molar-refractivity contribution in [2.24, 2.45) is 5.92 Å². The third-order valence-corrected chi connectivity index (χ3v) is 3.07. The van der Waals surface area contributed by atoms with Crippen molar-refractivity contribution in [1.29, 1.82) is 0 Å². The molecule has 3 unspecified atom stereocenters. The number of fused-ring (bicyclic) bond motifs is 2. The second-order valence-electron chi connectivity index (χ2n) is 5.42. The highest BCUT2D eigenvalue weighted by Gasteiger charge is 2.50. The van der Waals surface area contributed by atoms with Gasteiger partial charge in [-0.15, -0.1) is 0 Å². The lowest BCUT2D eigenvalue weighted by Crippen LogP contribution is -2.44. The van der Waals surface area contributed by atoms with E-state index in [9.17, 15) is 9.90 Å². The molecule has 16 heavy (non-hydrogen) atoms. The van der Waals surface area contributed by atoms with E-state index in [0.717, 1.165) is 0 Å². The van der Waals surface area contributed by atoms with Crippen molar-refractivity contribution in [3.8, 4) is 0 Å². The SMILES string of the molecule is CC(C)(C)OC(=O)N1CC2OCC1C2CO. The van der Waals surface area contributed by atoms with Crippen LogP contribution in [0.1, 0.15) is 20.8 Å². The van der Waals surface area contributed by atoms with Gasteiger partial charge in [-0.05, 0) is 20.8 Å². The highest BCUT2D eigenvalue weighted by atomic mass is 16.6. The molecule has 0 saturated carbocycles. The summed E-state index contributed by atoms with van der Waals surface area (Å²) in [7, 11) is 0. The third kappa shape index (κ3) is 2.01. The molecular formula is C11H19NO4. The summed E-state index contributed by atoms with van der Waals surface area (Å²) in [5.74, 6) is 0.0486. The minimum Gasteiger partial charge on any atom is -0.444 e. The van der Waals surface area contributed by atoms with Crippen LogP contribution in [0.2, 0.25) is 0 Å². The maximum atomic E-state index is 11.9. The van der Waals surface area contributed by atoms with Gasteiger partial charge in [-0.2, -0.15) is 0 Å². The Hall–Kier alpha value is -0.810. The Morgan fingerprint density at radius 3 is 2.75 bits per heavy atom. The molecule has 0 aromatic carbocycles. The minimum absolute atomic E-state index is 0.0233. The Morgan fingerprint density at radius 2 is 2.25 bits per heavy atom. The molecule has 0 aliphatic carbocycles. The van der Waals surface area contributed by atoms with Crippen LogP contribution in [-0.2, 0) is 9.47 Å². The number of carbonyl (C=O) groups is 1. The zero-order valence-electron chi connectivity index (χ0n) is 9.97. The van der Waals surface area contributed by atoms with Gasteiger partial charge in [0, 0.05) is 5.92 Å². The summed E-state index contributed by atoms with van der Waals surface area (Å²) in [4.78, 5) is 13.6. The van der Waals surface area contributed by atoms with Crippen LogP contribution in [0.25, 0.3) is 0 Å². The van der Waals surface area contributed by atoms with Crippen LogP contribution in [0, 0.1) is 5.92 Å². The molecule has 1 N–H and O–H groups in total. The molecule has 0 aromatic rings. The highest BCUT2D eigenvalue weighted by molar-refractivity contribution is 5.69. The van der Waals surface area contributed by atoms with Gasteiger partial charge in [0.2, 0.25) is 0 Å². The summed E-state index contributed by atoms with van der Waals surface area (Å²) in [5.41, 5.74) is -0.478. The molecule has 5 nitrogen and oxygen atoms in total. The Balaban J connectivity index is 2.00. The Bertz CT molecular complexity index is 286. The van der Waals surface area contributed by atoms with E-state index < -0.39 is 5.60 Å². The number of carbonyl (C=O) groups excluding carboxylic acids is 1. The average Bonchev–Trinajstić information content (AvgIpc) is 2.70. The summed E-state index contributed by atoms with van der Waals surface area (Å²) in [6.07, 6.45) is -0.329. The van der Waals surface area contributed by atoms with Crippen molar-refractivity contribution < 1.29 is 19.4 Å². The average molecular weight is 229 g/mol. The van der Waals surface area contributed by atoms with Gasteiger partial charge in [0.15, 0.2) is 0 Å². The molecule has 2 bridgehead atoms. The van der Waals surface area contributed by atoms with E-state index >= 15 is 0 Å². The monoisotopic (exact) mass is 229 g/mol. The molecule has 0 radical (unpaired) electrons. The smallest absolute Gasteiger partial charge is 0.410 e. The zero-order chi connectivity index (χ0) is 11.9. The van der Waals surface area contributed by atoms with E-state index in [1.165, 1.54) is 0 Å². The molecule has 2 heterocycles. The van der Waals surface area contributed by atoms with Crippen LogP contribution in [0.4, 0.5) is 4.79 Å². The maximum Gasteiger partial charge on any atom is 0.410 e. The Morgan fingerprint density at radius 1 is 1.56 bits per heavy atom. The first-order valence-corrected chi connectivity index (χ1v) is 5.64. The first-order valence-electron chi connectivity index (χ1n) is 5.64. The van der Waals surface area contributed by atoms with Crippen molar-refractivity contribution in [2.75, 3.05) is 19.8 Å². The van der Waals surface area contributed by atoms with Gasteiger partial charge in [0.1, 0.15) is 5.60 Å². The predicted octanol–water partition coefficient (Wildman–Crippen LogP) is 0.613. The molecule has 92 valence electrons. The number of nitrogens with zero attached hydrogens (tertiary/aromatic N) is 1. The summed E-state index contributed by atoms with van der Waals surface area (Å²) in [5, 5.41) is 9.22. The maximum absolute atomic E-state index is 11.9. The van der Waals surface area contributed by atoms with Crippen LogP contribution in [0.3, 0.4) is 0 Å². The van der Waals surface area contributed by atoms with E-state index in [2.05, 4.69) is 0 Å². The number of likely N-dealkylation sites (tertiary alicyclic amines) is 1. The normalized spacial score (nSPS) is 33.2. The minimum atomic E-state index is -0.478. The van der Waals surface area contributed by atoms with Crippen LogP contribution in [0.15, 0.2) is 0 Å². The van der Waals surface area contributed by atoms with Gasteiger partial charge in [-0.25, -0.2) is 4.79 Å². The molecule has 2 saturated heterocycles. The number of ether oxygens (including phenoxy) is 2. The van der Waals surface area contributed by atoms with E-state index in [1.807, 2.05) is 20.8 Å². The molecule has 2 aliphatic rings. The molecular weight excluding hydrogens is 210 g/mol. The largest absolute Gasteiger partial charge is 0.444 e. The van der Waals surface area contributed by atoms with Crippen LogP contribution in [-0.4, -0.2) is 53.6 Å². The van der Waals surface area contributed by atoms with Gasteiger partial charge in [0.25, 0.3) is 0 Å². The van der Waals surface area contributed by atoms with Crippen molar-refractivity contribution >= 4 is 6.09 Å². The molecule has 0 spiro atoms. The van der Waals surface area contributed by atoms with Gasteiger partial charge in [-0.3, -0.25) is 4.90 Å². The summed E-state index contributed by atoms with van der Waals surface area (Å²) in [6, 6.07) is -0.0233. The molecule has 1 amide bonds. The summed E-state index contributed by atoms with van der Waals surface area (Å²) in [6.45, 7) is 6.65. The predicted molar refractivity (Wildman–Crippen MR) is 57.0 cm³/mol. The first-order chi connectivity index (χ1) is 7.42. The van der Waals surface area contributed by atoms with Crippen molar-refractivity contribution in [3.05, 3.63) is 0 Å². The fourth-order valence-electron chi connectivity index (χ4n) is 2.33. The molecule has 5 heteroatoms. The second kappa shape index (κ2) is 3.89. The van der Waals surface area contributed by atoms with E-state index in [-0.39, 0.29) is 30.8 Å². The number of aliphatic hydroxyl groups is 1. The van der Waals surface area contributed by atoms with Crippen molar-refractivity contribution in [2.45, 2.75) is 38.5 Å². The van der Waals surface area contributed by atoms with E-state index in [4.69, 9.17) is 9.47 Å². The first kappa shape index (κ1) is 11.7. The lowest BCUT2D eigenvalue weighted by atomic mass is 10.0. The lowest BCUT2D eigenvalue weighted by molar-refractivity contribution is -0.00904. The Labute approximate surface area is 95.3 Å². The Kier molecular flexibility index (Phi) is 2.84. The van der Waals surface area contributed by atoms with Gasteiger partial charge >= 0.3 is 6.09 Å². The highest BCUT2D eigenvalue weighted by Crippen LogP contribution is 2.34. The van der Waals surface area contributed by atoms with Crippen molar-refractivity contribution in [3.63, 3.8) is 0 Å². The lowest BCUT2D eigenvalue weighted by Gasteiger charge is -2.30. The van der Waals surface area contributed by atoms with Crippen molar-refractivity contribution in [1.82, 2.24) is 4.90 Å². The molecule has 3 atom stereocenters. The van der Waals surface area contributed by atoms with Crippen LogP contribution < -0.4 is 0 Å². The van der Waals surface area contributed by atoms with E-state index in [0.29, 0.717) is 13.2 Å². The van der Waals surface area contributed by atoms with Crippen LogP contribution in [0.5, 0.6) is 0 Å². The second-order valence-corrected chi connectivity index (χ2v) is 5.42. The molecule has 0 aromatic heterocycles. The standard InChI is InChI=1S/C11H19NO4/c1-11(2,3)16-10(14)12-4-9-7(5-13)8(12)6-15-9/h7-9,13H,4-6H2,1-3H3. The molecule has 2 rings (SSSR count). The van der Waals surface area contributed by atoms with E-state index in [1.54, 1.807) is 4.90 Å². The molecule has 2 fully saturated rings. The number of hydrogen-bond acceptors (Lipinski definition) is 4. The summed E-state index contributed by atoms with van der Waals surface area (Å²) >= 11 is 0. The van der Waals surface area contributed by atoms with Gasteiger partial charge < -0.3 is 14.6 Å². The fourth-order valence-corrected chi connectivity index (χ4v) is 2.33. The number of amides is 1. The topological polar surface area (TPSA) is 59.0 Å². The summed E-state index contributed by atoms with van der Waals surface area (Å²) < 4.78 is 10.8.